The molecule has 0 aliphatic carbocycles. The first-order chi connectivity index (χ1) is 12.4. The van der Waals surface area contributed by atoms with E-state index in [1.165, 1.54) is 23.1 Å². The van der Waals surface area contributed by atoms with Gasteiger partial charge in [0.1, 0.15) is 0 Å². The van der Waals surface area contributed by atoms with Gasteiger partial charge in [0, 0.05) is 9.32 Å². The lowest BCUT2D eigenvalue weighted by Crippen LogP contribution is -2.13. The zero-order chi connectivity index (χ0) is 18.7. The number of aromatic nitrogens is 2. The van der Waals surface area contributed by atoms with E-state index in [0.717, 1.165) is 19.0 Å². The van der Waals surface area contributed by atoms with Crippen molar-refractivity contribution < 1.29 is 4.79 Å². The Morgan fingerprint density at radius 3 is 2.73 bits per heavy atom. The molecule has 4 nitrogen and oxygen atoms in total. The number of carbonyl (C=O) groups is 1. The van der Waals surface area contributed by atoms with Gasteiger partial charge in [-0.15, -0.1) is 10.2 Å². The highest BCUT2D eigenvalue weighted by molar-refractivity contribution is 14.1. The summed E-state index contributed by atoms with van der Waals surface area (Å²) in [6.45, 7) is 1.99. The van der Waals surface area contributed by atoms with Gasteiger partial charge < -0.3 is 0 Å². The first kappa shape index (κ1) is 19.9. The summed E-state index contributed by atoms with van der Waals surface area (Å²) >= 11 is 17.0. The minimum Gasteiger partial charge on any atom is -0.296 e. The highest BCUT2D eigenvalue weighted by Gasteiger charge is 2.13. The van der Waals surface area contributed by atoms with Crippen molar-refractivity contribution in [2.45, 2.75) is 17.0 Å². The minimum atomic E-state index is -0.188. The van der Waals surface area contributed by atoms with Gasteiger partial charge in [-0.05, 0) is 59.3 Å². The van der Waals surface area contributed by atoms with Crippen LogP contribution in [0, 0.1) is 10.5 Å². The van der Waals surface area contributed by atoms with Crippen LogP contribution in [0.15, 0.2) is 40.7 Å². The summed E-state index contributed by atoms with van der Waals surface area (Å²) in [5.74, 6) is 0.501. The molecule has 1 heterocycles. The van der Waals surface area contributed by atoms with E-state index in [1.807, 2.05) is 37.3 Å². The van der Waals surface area contributed by atoms with Crippen LogP contribution in [-0.4, -0.2) is 16.1 Å². The maximum atomic E-state index is 12.4. The second-order valence-electron chi connectivity index (χ2n) is 5.35. The Labute approximate surface area is 182 Å². The zero-order valence-corrected chi connectivity index (χ0v) is 18.7. The van der Waals surface area contributed by atoms with Crippen molar-refractivity contribution in [3.8, 4) is 0 Å². The van der Waals surface area contributed by atoms with Crippen LogP contribution in [0.2, 0.25) is 10.0 Å². The Bertz CT molecular complexity index is 965. The van der Waals surface area contributed by atoms with Crippen molar-refractivity contribution in [3.05, 3.63) is 66.7 Å². The molecule has 0 unspecified atom stereocenters. The van der Waals surface area contributed by atoms with E-state index < -0.39 is 0 Å². The van der Waals surface area contributed by atoms with Gasteiger partial charge in [-0.2, -0.15) is 0 Å². The quantitative estimate of drug-likeness (QED) is 0.236. The van der Waals surface area contributed by atoms with E-state index in [9.17, 15) is 4.79 Å². The van der Waals surface area contributed by atoms with E-state index in [2.05, 4.69) is 38.1 Å². The SMILES string of the molecule is Cc1ccc(C(=O)Nc2nnc(SCc3ccc(Cl)c(Cl)c3)s2)c(I)c1. The number of nitrogens with zero attached hydrogens (tertiary/aromatic N) is 2. The number of benzene rings is 2. The Hall–Kier alpha value is -0.870. The highest BCUT2D eigenvalue weighted by Crippen LogP contribution is 2.30. The maximum Gasteiger partial charge on any atom is 0.258 e. The van der Waals surface area contributed by atoms with Gasteiger partial charge in [-0.1, -0.05) is 64.0 Å². The molecule has 2 aromatic carbocycles. The first-order valence-electron chi connectivity index (χ1n) is 7.40. The fourth-order valence-electron chi connectivity index (χ4n) is 2.06. The Morgan fingerprint density at radius 2 is 2.00 bits per heavy atom. The van der Waals surface area contributed by atoms with Gasteiger partial charge in [0.05, 0.1) is 15.6 Å². The number of thioether (sulfide) groups is 1. The van der Waals surface area contributed by atoms with E-state index in [4.69, 9.17) is 23.2 Å². The molecule has 134 valence electrons. The Morgan fingerprint density at radius 1 is 1.19 bits per heavy atom. The third-order valence-electron chi connectivity index (χ3n) is 3.34. The molecule has 3 aromatic rings. The number of hydrogen-bond donors (Lipinski definition) is 1. The predicted octanol–water partition coefficient (Wildman–Crippen LogP) is 6.30. The lowest BCUT2D eigenvalue weighted by Gasteiger charge is -2.04. The Kier molecular flexibility index (Phi) is 6.79. The number of carbonyl (C=O) groups excluding carboxylic acids is 1. The molecule has 0 saturated carbocycles. The summed E-state index contributed by atoms with van der Waals surface area (Å²) in [6, 6.07) is 11.2. The van der Waals surface area contributed by atoms with Gasteiger partial charge in [-0.25, -0.2) is 0 Å². The van der Waals surface area contributed by atoms with Crippen LogP contribution >= 0.6 is 68.9 Å². The van der Waals surface area contributed by atoms with Gasteiger partial charge in [-0.3, -0.25) is 10.1 Å². The van der Waals surface area contributed by atoms with Crippen LogP contribution in [0.25, 0.3) is 0 Å². The topological polar surface area (TPSA) is 54.9 Å². The predicted molar refractivity (Wildman–Crippen MR) is 118 cm³/mol. The van der Waals surface area contributed by atoms with E-state index >= 15 is 0 Å². The maximum absolute atomic E-state index is 12.4. The number of amides is 1. The summed E-state index contributed by atoms with van der Waals surface area (Å²) in [4.78, 5) is 12.4. The molecule has 0 bridgehead atoms. The smallest absolute Gasteiger partial charge is 0.258 e. The fourth-order valence-corrected chi connectivity index (χ4v) is 4.99. The normalized spacial score (nSPS) is 10.8. The number of nitrogens with one attached hydrogen (secondary N) is 1. The number of aryl methyl sites for hydroxylation is 1. The summed E-state index contributed by atoms with van der Waals surface area (Å²) in [7, 11) is 0. The van der Waals surface area contributed by atoms with E-state index in [1.54, 1.807) is 6.07 Å². The molecule has 0 atom stereocenters. The van der Waals surface area contributed by atoms with Gasteiger partial charge >= 0.3 is 0 Å². The summed E-state index contributed by atoms with van der Waals surface area (Å²) in [5, 5.41) is 12.5. The van der Waals surface area contributed by atoms with Crippen molar-refractivity contribution in [3.63, 3.8) is 0 Å². The molecular weight excluding hydrogens is 524 g/mol. The number of rotatable bonds is 5. The second-order valence-corrected chi connectivity index (χ2v) is 9.52. The summed E-state index contributed by atoms with van der Waals surface area (Å²) in [6.07, 6.45) is 0. The number of halogens is 3. The molecule has 0 radical (unpaired) electrons. The van der Waals surface area contributed by atoms with Crippen molar-refractivity contribution in [1.29, 1.82) is 0 Å². The number of hydrogen-bond acceptors (Lipinski definition) is 5. The van der Waals surface area contributed by atoms with E-state index in [0.29, 0.717) is 26.5 Å². The van der Waals surface area contributed by atoms with Crippen LogP contribution in [0.1, 0.15) is 21.5 Å². The summed E-state index contributed by atoms with van der Waals surface area (Å²) in [5.41, 5.74) is 2.78. The highest BCUT2D eigenvalue weighted by atomic mass is 127. The van der Waals surface area contributed by atoms with E-state index in [-0.39, 0.29) is 5.91 Å². The second kappa shape index (κ2) is 8.88. The standard InChI is InChI=1S/C17H12Cl2IN3OS2/c1-9-2-4-11(14(20)6-9)15(24)21-16-22-23-17(26-16)25-8-10-3-5-12(18)13(19)7-10/h2-7H,8H2,1H3,(H,21,22,24). The first-order valence-corrected chi connectivity index (χ1v) is 11.0. The zero-order valence-electron chi connectivity index (χ0n) is 13.4. The molecular formula is C17H12Cl2IN3OS2. The van der Waals surface area contributed by atoms with Crippen molar-refractivity contribution in [2.75, 3.05) is 5.32 Å². The van der Waals surface area contributed by atoms with Gasteiger partial charge in [0.15, 0.2) is 4.34 Å². The molecule has 1 N–H and O–H groups in total. The molecule has 0 spiro atoms. The third-order valence-corrected chi connectivity index (χ3v) is 7.02. The molecule has 0 saturated heterocycles. The van der Waals surface area contributed by atoms with Crippen LogP contribution in [0.5, 0.6) is 0 Å². The molecule has 0 fully saturated rings. The van der Waals surface area contributed by atoms with Crippen molar-refractivity contribution in [2.24, 2.45) is 0 Å². The average Bonchev–Trinajstić information content (AvgIpc) is 3.03. The summed E-state index contributed by atoms with van der Waals surface area (Å²) < 4.78 is 1.67. The minimum absolute atomic E-state index is 0.188. The largest absolute Gasteiger partial charge is 0.296 e. The molecule has 26 heavy (non-hydrogen) atoms. The molecule has 1 aromatic heterocycles. The van der Waals surface area contributed by atoms with Crippen molar-refractivity contribution in [1.82, 2.24) is 10.2 Å². The van der Waals surface area contributed by atoms with Gasteiger partial charge in [0.25, 0.3) is 5.91 Å². The van der Waals surface area contributed by atoms with Crippen LogP contribution in [0.4, 0.5) is 5.13 Å². The molecule has 0 aliphatic heterocycles. The van der Waals surface area contributed by atoms with Crippen LogP contribution < -0.4 is 5.32 Å². The molecule has 0 aliphatic rings. The Balaban J connectivity index is 1.62. The van der Waals surface area contributed by atoms with Crippen LogP contribution in [0.3, 0.4) is 0 Å². The van der Waals surface area contributed by atoms with Crippen molar-refractivity contribution >= 4 is 79.9 Å². The molecule has 3 rings (SSSR count). The third kappa shape index (κ3) is 5.10. The lowest BCUT2D eigenvalue weighted by molar-refractivity contribution is 0.102. The lowest BCUT2D eigenvalue weighted by atomic mass is 10.1. The molecule has 1 amide bonds. The monoisotopic (exact) mass is 535 g/mol. The fraction of sp³-hybridized carbons (Fsp3) is 0.118. The molecule has 9 heteroatoms. The van der Waals surface area contributed by atoms with Gasteiger partial charge in [0.2, 0.25) is 5.13 Å². The number of anilines is 1. The van der Waals surface area contributed by atoms with Crippen LogP contribution in [-0.2, 0) is 5.75 Å². The average molecular weight is 536 g/mol.